The normalized spacial score (nSPS) is 10.6. The van der Waals surface area contributed by atoms with Crippen molar-refractivity contribution in [2.75, 3.05) is 10.6 Å². The van der Waals surface area contributed by atoms with E-state index >= 15 is 0 Å². The molecule has 0 atom stereocenters. The van der Waals surface area contributed by atoms with Crippen LogP contribution >= 0.6 is 11.6 Å². The molecule has 0 unspecified atom stereocenters. The molecule has 5 heteroatoms. The summed E-state index contributed by atoms with van der Waals surface area (Å²) >= 11 is 5.94. The predicted molar refractivity (Wildman–Crippen MR) is 126 cm³/mol. The van der Waals surface area contributed by atoms with Crippen LogP contribution in [0.2, 0.25) is 5.02 Å². The summed E-state index contributed by atoms with van der Waals surface area (Å²) in [6, 6.07) is 14.0. The van der Waals surface area contributed by atoms with Crippen molar-refractivity contribution in [2.45, 2.75) is 71.1 Å². The lowest BCUT2D eigenvalue weighted by atomic mass is 10.1. The van der Waals surface area contributed by atoms with Crippen LogP contribution in [0, 0.1) is 0 Å². The van der Waals surface area contributed by atoms with Crippen LogP contribution in [0.4, 0.5) is 11.4 Å². The summed E-state index contributed by atoms with van der Waals surface area (Å²) in [5.41, 5.74) is 1.79. The molecule has 2 N–H and O–H groups in total. The third-order valence-electron chi connectivity index (χ3n) is 5.00. The van der Waals surface area contributed by atoms with Crippen LogP contribution in [0.15, 0.2) is 48.5 Å². The van der Waals surface area contributed by atoms with E-state index < -0.39 is 0 Å². The minimum Gasteiger partial charge on any atom is -0.326 e. The number of carbonyl (C=O) groups is 2. The zero-order chi connectivity index (χ0) is 21.6. The van der Waals surface area contributed by atoms with Gasteiger partial charge >= 0.3 is 0 Å². The van der Waals surface area contributed by atoms with E-state index in [1.807, 2.05) is 12.1 Å². The van der Waals surface area contributed by atoms with Crippen LogP contribution in [0.3, 0.4) is 0 Å². The van der Waals surface area contributed by atoms with Crippen LogP contribution in [-0.2, 0) is 4.79 Å². The van der Waals surface area contributed by atoms with E-state index in [1.165, 1.54) is 44.9 Å². The predicted octanol–water partition coefficient (Wildman–Crippen LogP) is 7.45. The average molecular weight is 429 g/mol. The van der Waals surface area contributed by atoms with Gasteiger partial charge in [0.2, 0.25) is 5.91 Å². The molecule has 162 valence electrons. The molecule has 0 radical (unpaired) electrons. The lowest BCUT2D eigenvalue weighted by molar-refractivity contribution is -0.116. The molecule has 0 aromatic heterocycles. The highest BCUT2D eigenvalue weighted by Gasteiger charge is 2.08. The number of anilines is 2. The second kappa shape index (κ2) is 13.8. The van der Waals surface area contributed by atoms with E-state index in [9.17, 15) is 9.59 Å². The van der Waals surface area contributed by atoms with Crippen LogP contribution in [0.25, 0.3) is 0 Å². The summed E-state index contributed by atoms with van der Waals surface area (Å²) in [7, 11) is 0. The Morgan fingerprint density at radius 1 is 0.767 bits per heavy atom. The van der Waals surface area contributed by atoms with Crippen molar-refractivity contribution >= 4 is 34.8 Å². The second-order valence-electron chi connectivity index (χ2n) is 7.67. The minimum absolute atomic E-state index is 0.0104. The Balaban J connectivity index is 1.69. The first-order valence-corrected chi connectivity index (χ1v) is 11.4. The maximum Gasteiger partial charge on any atom is 0.255 e. The summed E-state index contributed by atoms with van der Waals surface area (Å²) in [6.45, 7) is 2.23. The molecule has 0 fully saturated rings. The molecule has 2 aromatic rings. The Morgan fingerprint density at radius 2 is 1.37 bits per heavy atom. The van der Waals surface area contributed by atoms with Gasteiger partial charge in [0, 0.05) is 28.4 Å². The van der Waals surface area contributed by atoms with E-state index in [1.54, 1.807) is 36.4 Å². The number of benzene rings is 2. The van der Waals surface area contributed by atoms with E-state index in [4.69, 9.17) is 11.6 Å². The zero-order valence-corrected chi connectivity index (χ0v) is 18.6. The molecule has 0 aliphatic carbocycles. The number of hydrogen-bond donors (Lipinski definition) is 2. The molecule has 0 spiro atoms. The number of halogens is 1. The van der Waals surface area contributed by atoms with E-state index in [0.717, 1.165) is 12.8 Å². The van der Waals surface area contributed by atoms with Gasteiger partial charge in [-0.3, -0.25) is 9.59 Å². The standard InChI is InChI=1S/C25H33ClN2O2/c1-2-3-4-5-6-7-8-9-10-17-24(29)27-22-15-12-16-23(19-22)28-25(30)20-13-11-14-21(26)18-20/h11-16,18-19H,2-10,17H2,1H3,(H,27,29)(H,28,30). The Morgan fingerprint density at radius 3 is 2.03 bits per heavy atom. The lowest BCUT2D eigenvalue weighted by Crippen LogP contribution is -2.13. The highest BCUT2D eigenvalue weighted by atomic mass is 35.5. The average Bonchev–Trinajstić information content (AvgIpc) is 2.73. The third kappa shape index (κ3) is 9.45. The van der Waals surface area contributed by atoms with Crippen molar-refractivity contribution in [1.82, 2.24) is 0 Å². The van der Waals surface area contributed by atoms with Gasteiger partial charge in [-0.15, -0.1) is 0 Å². The molecular formula is C25H33ClN2O2. The van der Waals surface area contributed by atoms with Gasteiger partial charge in [-0.1, -0.05) is 82.0 Å². The first-order chi connectivity index (χ1) is 14.6. The SMILES string of the molecule is CCCCCCCCCCCC(=O)Nc1cccc(NC(=O)c2cccc(Cl)c2)c1. The topological polar surface area (TPSA) is 58.2 Å². The van der Waals surface area contributed by atoms with Crippen molar-refractivity contribution in [2.24, 2.45) is 0 Å². The van der Waals surface area contributed by atoms with Gasteiger partial charge in [-0.05, 0) is 42.8 Å². The van der Waals surface area contributed by atoms with Gasteiger partial charge in [0.15, 0.2) is 0 Å². The number of carbonyl (C=O) groups excluding carboxylic acids is 2. The first kappa shape index (κ1) is 23.9. The molecule has 0 aliphatic rings. The number of nitrogens with one attached hydrogen (secondary N) is 2. The molecule has 0 aliphatic heterocycles. The molecule has 0 heterocycles. The Labute approximate surface area is 185 Å². The number of amides is 2. The van der Waals surface area contributed by atoms with Crippen molar-refractivity contribution in [3.8, 4) is 0 Å². The molecular weight excluding hydrogens is 396 g/mol. The molecule has 30 heavy (non-hydrogen) atoms. The molecule has 2 amide bonds. The lowest BCUT2D eigenvalue weighted by Gasteiger charge is -2.09. The Hall–Kier alpha value is -2.33. The minimum atomic E-state index is -0.240. The van der Waals surface area contributed by atoms with Gasteiger partial charge in [0.1, 0.15) is 0 Å². The number of rotatable bonds is 13. The van der Waals surface area contributed by atoms with Crippen molar-refractivity contribution in [3.05, 3.63) is 59.1 Å². The fourth-order valence-electron chi connectivity index (χ4n) is 3.33. The molecule has 2 aromatic carbocycles. The summed E-state index contributed by atoms with van der Waals surface area (Å²) < 4.78 is 0. The molecule has 2 rings (SSSR count). The molecule has 0 bridgehead atoms. The summed E-state index contributed by atoms with van der Waals surface area (Å²) in [4.78, 5) is 24.5. The fourth-order valence-corrected chi connectivity index (χ4v) is 3.52. The van der Waals surface area contributed by atoms with Gasteiger partial charge in [-0.25, -0.2) is 0 Å². The van der Waals surface area contributed by atoms with Gasteiger partial charge in [0.25, 0.3) is 5.91 Å². The summed E-state index contributed by atoms with van der Waals surface area (Å²) in [6.07, 6.45) is 11.6. The van der Waals surface area contributed by atoms with Crippen LogP contribution in [0.1, 0.15) is 81.5 Å². The molecule has 0 saturated heterocycles. The number of hydrogen-bond acceptors (Lipinski definition) is 2. The highest BCUT2D eigenvalue weighted by Crippen LogP contribution is 2.18. The van der Waals surface area contributed by atoms with Crippen LogP contribution in [-0.4, -0.2) is 11.8 Å². The number of unbranched alkanes of at least 4 members (excludes halogenated alkanes) is 8. The van der Waals surface area contributed by atoms with E-state index in [-0.39, 0.29) is 11.8 Å². The third-order valence-corrected chi connectivity index (χ3v) is 5.23. The van der Waals surface area contributed by atoms with Gasteiger partial charge in [0.05, 0.1) is 0 Å². The molecule has 4 nitrogen and oxygen atoms in total. The van der Waals surface area contributed by atoms with Gasteiger partial charge in [-0.2, -0.15) is 0 Å². The van der Waals surface area contributed by atoms with Crippen molar-refractivity contribution in [3.63, 3.8) is 0 Å². The highest BCUT2D eigenvalue weighted by molar-refractivity contribution is 6.31. The quantitative estimate of drug-likeness (QED) is 0.325. The first-order valence-electron chi connectivity index (χ1n) is 11.1. The van der Waals surface area contributed by atoms with Crippen LogP contribution in [0.5, 0.6) is 0 Å². The van der Waals surface area contributed by atoms with Crippen LogP contribution < -0.4 is 10.6 Å². The largest absolute Gasteiger partial charge is 0.326 e. The van der Waals surface area contributed by atoms with E-state index in [2.05, 4.69) is 17.6 Å². The van der Waals surface area contributed by atoms with E-state index in [0.29, 0.717) is 28.4 Å². The Kier molecular flexibility index (Phi) is 11.0. The maximum absolute atomic E-state index is 12.3. The zero-order valence-electron chi connectivity index (χ0n) is 17.9. The monoisotopic (exact) mass is 428 g/mol. The molecule has 0 saturated carbocycles. The second-order valence-corrected chi connectivity index (χ2v) is 8.11. The summed E-state index contributed by atoms with van der Waals surface area (Å²) in [5, 5.41) is 6.27. The maximum atomic E-state index is 12.3. The fraction of sp³-hybridized carbons (Fsp3) is 0.440. The smallest absolute Gasteiger partial charge is 0.255 e. The van der Waals surface area contributed by atoms with Crippen molar-refractivity contribution in [1.29, 1.82) is 0 Å². The Bertz CT molecular complexity index is 807. The van der Waals surface area contributed by atoms with Crippen molar-refractivity contribution < 1.29 is 9.59 Å². The van der Waals surface area contributed by atoms with Gasteiger partial charge < -0.3 is 10.6 Å². The summed E-state index contributed by atoms with van der Waals surface area (Å²) in [5.74, 6) is -0.230.